The predicted octanol–water partition coefficient (Wildman–Crippen LogP) is 2.08. The number of hydrogen-bond acceptors (Lipinski definition) is 4. The molecule has 1 aliphatic heterocycles. The van der Waals surface area contributed by atoms with Crippen molar-refractivity contribution in [2.24, 2.45) is 5.92 Å². The van der Waals surface area contributed by atoms with Crippen molar-refractivity contribution in [3.05, 3.63) is 0 Å². The smallest absolute Gasteiger partial charge is 0.310 e. The topological polar surface area (TPSA) is 38.8 Å². The molecule has 18 heavy (non-hydrogen) atoms. The van der Waals surface area contributed by atoms with E-state index in [-0.39, 0.29) is 11.9 Å². The Hall–Kier alpha value is -0.610. The highest BCUT2D eigenvalue weighted by Gasteiger charge is 2.26. The molecule has 1 aliphatic rings. The molecule has 106 valence electrons. The van der Waals surface area contributed by atoms with Gasteiger partial charge in [0.25, 0.3) is 0 Å². The molecule has 0 unspecified atom stereocenters. The Morgan fingerprint density at radius 1 is 1.33 bits per heavy atom. The van der Waals surface area contributed by atoms with Gasteiger partial charge in [0.05, 0.1) is 19.1 Å². The number of esters is 1. The minimum absolute atomic E-state index is 0.0332. The summed E-state index contributed by atoms with van der Waals surface area (Å²) in [5.74, 6) is 0.0310. The van der Waals surface area contributed by atoms with Gasteiger partial charge in [-0.15, -0.1) is 0 Å². The number of likely N-dealkylation sites (tertiary alicyclic amines) is 1. The van der Waals surface area contributed by atoms with Crippen LogP contribution in [-0.2, 0) is 14.3 Å². The van der Waals surface area contributed by atoms with Gasteiger partial charge in [0.15, 0.2) is 0 Å². The molecule has 1 fully saturated rings. The van der Waals surface area contributed by atoms with Crippen molar-refractivity contribution in [3.63, 3.8) is 0 Å². The van der Waals surface area contributed by atoms with Gasteiger partial charge in [0.1, 0.15) is 0 Å². The summed E-state index contributed by atoms with van der Waals surface area (Å²) in [5, 5.41) is 0. The van der Waals surface area contributed by atoms with Crippen LogP contribution in [-0.4, -0.2) is 50.3 Å². The van der Waals surface area contributed by atoms with E-state index in [0.717, 1.165) is 52.1 Å². The Bertz CT molecular complexity index is 233. The Kier molecular flexibility index (Phi) is 8.01. The molecule has 1 saturated heterocycles. The molecule has 1 atom stereocenters. The van der Waals surface area contributed by atoms with Crippen LogP contribution in [0.4, 0.5) is 0 Å². The van der Waals surface area contributed by atoms with Crippen molar-refractivity contribution < 1.29 is 14.3 Å². The lowest BCUT2D eigenvalue weighted by Crippen LogP contribution is -2.40. The molecule has 4 heteroatoms. The summed E-state index contributed by atoms with van der Waals surface area (Å²) in [7, 11) is 0. The van der Waals surface area contributed by atoms with Crippen LogP contribution in [0.5, 0.6) is 0 Å². The zero-order chi connectivity index (χ0) is 13.2. The Labute approximate surface area is 111 Å². The predicted molar refractivity (Wildman–Crippen MR) is 71.5 cm³/mol. The fourth-order valence-electron chi connectivity index (χ4n) is 2.25. The molecule has 0 aromatic carbocycles. The molecule has 0 radical (unpaired) electrons. The number of carbonyl (C=O) groups is 1. The third-order valence-electron chi connectivity index (χ3n) is 3.32. The highest BCUT2D eigenvalue weighted by Crippen LogP contribution is 2.17. The van der Waals surface area contributed by atoms with Gasteiger partial charge in [-0.25, -0.2) is 0 Å². The van der Waals surface area contributed by atoms with Gasteiger partial charge in [-0.2, -0.15) is 0 Å². The maximum atomic E-state index is 11.7. The lowest BCUT2D eigenvalue weighted by atomic mass is 9.98. The van der Waals surface area contributed by atoms with Crippen molar-refractivity contribution in [2.75, 3.05) is 39.5 Å². The molecule has 0 saturated carbocycles. The van der Waals surface area contributed by atoms with Gasteiger partial charge < -0.3 is 14.4 Å². The lowest BCUT2D eigenvalue weighted by Gasteiger charge is -2.31. The Morgan fingerprint density at radius 3 is 2.89 bits per heavy atom. The van der Waals surface area contributed by atoms with E-state index in [1.165, 1.54) is 6.42 Å². The monoisotopic (exact) mass is 257 g/mol. The minimum atomic E-state index is -0.0332. The summed E-state index contributed by atoms with van der Waals surface area (Å²) in [6.07, 6.45) is 4.35. The summed E-state index contributed by atoms with van der Waals surface area (Å²) in [6, 6.07) is 0. The second-order valence-corrected chi connectivity index (χ2v) is 4.86. The van der Waals surface area contributed by atoms with E-state index < -0.39 is 0 Å². The zero-order valence-corrected chi connectivity index (χ0v) is 11.8. The summed E-state index contributed by atoms with van der Waals surface area (Å²) in [6.45, 7) is 8.97. The van der Waals surface area contributed by atoms with E-state index in [2.05, 4.69) is 11.8 Å². The average molecular weight is 257 g/mol. The number of ether oxygens (including phenoxy) is 2. The van der Waals surface area contributed by atoms with Crippen LogP contribution in [0.2, 0.25) is 0 Å². The second kappa shape index (κ2) is 9.34. The molecule has 0 spiro atoms. The first-order valence-corrected chi connectivity index (χ1v) is 7.24. The molecule has 0 amide bonds. The Morgan fingerprint density at radius 2 is 2.17 bits per heavy atom. The van der Waals surface area contributed by atoms with Crippen molar-refractivity contribution in [3.8, 4) is 0 Å². The molecule has 0 aromatic heterocycles. The van der Waals surface area contributed by atoms with Crippen molar-refractivity contribution >= 4 is 5.97 Å². The highest BCUT2D eigenvalue weighted by molar-refractivity contribution is 5.72. The standard InChI is InChI=1S/C14H27NO3/c1-3-5-10-17-11-9-15-8-6-7-13(12-15)14(16)18-4-2/h13H,3-12H2,1-2H3/t13-/m1/s1. The van der Waals surface area contributed by atoms with E-state index in [9.17, 15) is 4.79 Å². The molecule has 1 rings (SSSR count). The maximum Gasteiger partial charge on any atom is 0.310 e. The fraction of sp³-hybridized carbons (Fsp3) is 0.929. The summed E-state index contributed by atoms with van der Waals surface area (Å²) < 4.78 is 10.7. The van der Waals surface area contributed by atoms with Gasteiger partial charge in [0, 0.05) is 19.7 Å². The number of piperidine rings is 1. The first kappa shape index (κ1) is 15.4. The van der Waals surface area contributed by atoms with Gasteiger partial charge in [0.2, 0.25) is 0 Å². The summed E-state index contributed by atoms with van der Waals surface area (Å²) in [5.41, 5.74) is 0. The maximum absolute atomic E-state index is 11.7. The van der Waals surface area contributed by atoms with Crippen LogP contribution in [0.25, 0.3) is 0 Å². The molecular formula is C14H27NO3. The molecule has 1 heterocycles. The van der Waals surface area contributed by atoms with Crippen molar-refractivity contribution in [1.29, 1.82) is 0 Å². The lowest BCUT2D eigenvalue weighted by molar-refractivity contribution is -0.150. The number of hydrogen-bond donors (Lipinski definition) is 0. The van der Waals surface area contributed by atoms with Crippen LogP contribution >= 0.6 is 0 Å². The van der Waals surface area contributed by atoms with E-state index in [1.807, 2.05) is 6.92 Å². The SMILES string of the molecule is CCCCOCCN1CCC[C@@H](C(=O)OCC)C1. The van der Waals surface area contributed by atoms with Crippen LogP contribution in [0, 0.1) is 5.92 Å². The molecule has 0 N–H and O–H groups in total. The number of unbranched alkanes of at least 4 members (excludes halogenated alkanes) is 1. The number of rotatable bonds is 8. The number of carbonyl (C=O) groups excluding carboxylic acids is 1. The third-order valence-corrected chi connectivity index (χ3v) is 3.32. The molecule has 4 nitrogen and oxygen atoms in total. The van der Waals surface area contributed by atoms with E-state index in [1.54, 1.807) is 0 Å². The van der Waals surface area contributed by atoms with Crippen LogP contribution < -0.4 is 0 Å². The van der Waals surface area contributed by atoms with Gasteiger partial charge in [-0.1, -0.05) is 13.3 Å². The second-order valence-electron chi connectivity index (χ2n) is 4.86. The quantitative estimate of drug-likeness (QED) is 0.493. The molecular weight excluding hydrogens is 230 g/mol. The average Bonchev–Trinajstić information content (AvgIpc) is 2.39. The summed E-state index contributed by atoms with van der Waals surface area (Å²) >= 11 is 0. The van der Waals surface area contributed by atoms with Crippen molar-refractivity contribution in [1.82, 2.24) is 4.90 Å². The van der Waals surface area contributed by atoms with Gasteiger partial charge in [-0.05, 0) is 32.7 Å². The van der Waals surface area contributed by atoms with E-state index >= 15 is 0 Å². The van der Waals surface area contributed by atoms with Crippen LogP contribution in [0.3, 0.4) is 0 Å². The Balaban J connectivity index is 2.16. The zero-order valence-electron chi connectivity index (χ0n) is 11.8. The minimum Gasteiger partial charge on any atom is -0.466 e. The first-order chi connectivity index (χ1) is 8.77. The van der Waals surface area contributed by atoms with E-state index in [0.29, 0.717) is 6.61 Å². The largest absolute Gasteiger partial charge is 0.466 e. The van der Waals surface area contributed by atoms with Crippen molar-refractivity contribution in [2.45, 2.75) is 39.5 Å². The normalized spacial score (nSPS) is 20.9. The fourth-order valence-corrected chi connectivity index (χ4v) is 2.25. The number of nitrogens with zero attached hydrogens (tertiary/aromatic N) is 1. The molecule has 0 aromatic rings. The summed E-state index contributed by atoms with van der Waals surface area (Å²) in [4.78, 5) is 14.0. The van der Waals surface area contributed by atoms with E-state index in [4.69, 9.17) is 9.47 Å². The highest BCUT2D eigenvalue weighted by atomic mass is 16.5. The van der Waals surface area contributed by atoms with Gasteiger partial charge in [-0.3, -0.25) is 4.79 Å². The van der Waals surface area contributed by atoms with Crippen LogP contribution in [0.15, 0.2) is 0 Å². The first-order valence-electron chi connectivity index (χ1n) is 7.24. The third kappa shape index (κ3) is 5.83. The molecule has 0 bridgehead atoms. The van der Waals surface area contributed by atoms with Crippen LogP contribution in [0.1, 0.15) is 39.5 Å². The molecule has 0 aliphatic carbocycles. The van der Waals surface area contributed by atoms with Gasteiger partial charge >= 0.3 is 5.97 Å².